The van der Waals surface area contributed by atoms with Gasteiger partial charge in [-0.05, 0) is 160 Å². The fourth-order valence-corrected chi connectivity index (χ4v) is 13.7. The minimum Gasteiger partial charge on any atom is -0.493 e. The molecule has 0 atom stereocenters. The highest BCUT2D eigenvalue weighted by atomic mass is 15.2. The Hall–Kier alpha value is -2.48. The van der Waals surface area contributed by atoms with Crippen LogP contribution in [0.25, 0.3) is 16.9 Å². The maximum atomic E-state index is 13.3. The summed E-state index contributed by atoms with van der Waals surface area (Å²) >= 11 is 0. The van der Waals surface area contributed by atoms with E-state index in [2.05, 4.69) is 79.7 Å². The van der Waals surface area contributed by atoms with Gasteiger partial charge in [0.25, 0.3) is 0 Å². The molecule has 464 valence electrons. The number of unbranched alkanes of at least 4 members (excludes halogenated alkanes) is 39. The van der Waals surface area contributed by atoms with E-state index in [1.54, 1.807) is 38.1 Å². The molecule has 0 N–H and O–H groups in total. The molecule has 0 aliphatic carbocycles. The molecule has 1 heterocycles. The monoisotopic (exact) mass is 1120 g/mol. The summed E-state index contributed by atoms with van der Waals surface area (Å²) in [4.78, 5) is 0. The van der Waals surface area contributed by atoms with Gasteiger partial charge < -0.3 is 5.53 Å². The molecule has 0 spiro atoms. The number of nitrogens with zero attached hydrogens (tertiary/aromatic N) is 2. The van der Waals surface area contributed by atoms with Crippen LogP contribution in [0, 0.1) is 0 Å². The van der Waals surface area contributed by atoms with Gasteiger partial charge in [-0.15, -0.1) is 0 Å². The van der Waals surface area contributed by atoms with Gasteiger partial charge in [-0.2, -0.15) is 0 Å². The second-order valence-corrected chi connectivity index (χ2v) is 26.3. The molecule has 2 aromatic rings. The van der Waals surface area contributed by atoms with Crippen molar-refractivity contribution in [1.82, 2.24) is 0 Å². The first-order chi connectivity index (χ1) is 39.9. The zero-order chi connectivity index (χ0) is 58.2. The fraction of sp³-hybridized carbons (Fsp3) is 0.797. The van der Waals surface area contributed by atoms with E-state index in [0.717, 1.165) is 49.9 Å². The quantitative estimate of drug-likeness (QED) is 0.0466. The van der Waals surface area contributed by atoms with E-state index in [1.165, 1.54) is 337 Å². The molecule has 0 amide bonds. The standard InChI is InChI=1S/C79H138N2/c1-9-17-25-26-27-28-29-30-31-32-33-34-35-36-37-38-39-40-41-42-43-44-45-46-47-48-49-55-63-77-76(62-54-22-14-6)78(72-64-68(56-50-18-10-2)74(60-23-15-7)69(65-72)57-51-19-11-3)81(80)79(77)73-66-70(58-52-20-12-4)75(61-24-16-8)71(67-73)59-53-21-13-5/h64-67H,9-63H2,1-8H3. The Balaban J connectivity index is 1.74. The summed E-state index contributed by atoms with van der Waals surface area (Å²) in [6, 6.07) is 10.4. The van der Waals surface area contributed by atoms with Crippen molar-refractivity contribution in [3.05, 3.63) is 85.5 Å². The largest absolute Gasteiger partial charge is 0.493 e. The zero-order valence-corrected chi connectivity index (χ0v) is 56.1. The van der Waals surface area contributed by atoms with Crippen molar-refractivity contribution >= 4 is 11.4 Å². The van der Waals surface area contributed by atoms with Gasteiger partial charge in [-0.25, -0.2) is 4.70 Å². The molecular formula is C79H138N2. The van der Waals surface area contributed by atoms with Gasteiger partial charge in [0.15, 0.2) is 0 Å². The van der Waals surface area contributed by atoms with Crippen molar-refractivity contribution in [2.24, 2.45) is 0 Å². The summed E-state index contributed by atoms with van der Waals surface area (Å²) in [6.45, 7) is 18.8. The van der Waals surface area contributed by atoms with Gasteiger partial charge in [0.1, 0.15) is 0 Å². The predicted molar refractivity (Wildman–Crippen MR) is 364 cm³/mol. The van der Waals surface area contributed by atoms with Gasteiger partial charge in [0.2, 0.25) is 11.4 Å². The normalized spacial score (nSPS) is 12.9. The van der Waals surface area contributed by atoms with Crippen LogP contribution in [0.15, 0.2) is 35.4 Å². The highest BCUT2D eigenvalue weighted by molar-refractivity contribution is 5.83. The molecule has 0 unspecified atom stereocenters. The number of rotatable bonds is 57. The molecule has 0 saturated heterocycles. The Labute approximate surface area is 507 Å². The number of allylic oxidation sites excluding steroid dienone is 2. The lowest BCUT2D eigenvalue weighted by Crippen LogP contribution is -2.09. The van der Waals surface area contributed by atoms with Crippen LogP contribution in [0.2, 0.25) is 0 Å². The minimum atomic E-state index is 1.05. The van der Waals surface area contributed by atoms with Crippen LogP contribution < -0.4 is 0 Å². The lowest BCUT2D eigenvalue weighted by molar-refractivity contribution is -0.345. The molecule has 3 rings (SSSR count). The van der Waals surface area contributed by atoms with Crippen molar-refractivity contribution in [2.75, 3.05) is 0 Å². The van der Waals surface area contributed by atoms with Crippen molar-refractivity contribution in [1.29, 1.82) is 0 Å². The fourth-order valence-electron chi connectivity index (χ4n) is 13.7. The van der Waals surface area contributed by atoms with Crippen LogP contribution in [0.5, 0.6) is 0 Å². The topological polar surface area (TPSA) is 25.3 Å². The van der Waals surface area contributed by atoms with Crippen LogP contribution in [0.3, 0.4) is 0 Å². The molecular weight excluding hydrogens is 977 g/mol. The molecule has 0 radical (unpaired) electrons. The molecule has 1 aliphatic rings. The second-order valence-electron chi connectivity index (χ2n) is 26.3. The van der Waals surface area contributed by atoms with Crippen LogP contribution in [-0.4, -0.2) is 4.70 Å². The Morgan fingerprint density at radius 1 is 0.222 bits per heavy atom. The number of hydrogen-bond donors (Lipinski definition) is 0. The van der Waals surface area contributed by atoms with Crippen molar-refractivity contribution < 1.29 is 4.70 Å². The summed E-state index contributed by atoms with van der Waals surface area (Å²) in [6.07, 6.45) is 72.9. The van der Waals surface area contributed by atoms with Gasteiger partial charge in [0, 0.05) is 22.3 Å². The maximum absolute atomic E-state index is 13.3. The van der Waals surface area contributed by atoms with E-state index < -0.39 is 0 Å². The average molecular weight is 1120 g/mol. The maximum Gasteiger partial charge on any atom is 0.211 e. The van der Waals surface area contributed by atoms with E-state index in [1.807, 2.05) is 0 Å². The van der Waals surface area contributed by atoms with Gasteiger partial charge in [0.05, 0.1) is 0 Å². The summed E-state index contributed by atoms with van der Waals surface area (Å²) in [5, 5.41) is 0. The summed E-state index contributed by atoms with van der Waals surface area (Å²) in [7, 11) is 0. The SMILES string of the molecule is CCCCCCCCCCCCCCCCCCCCCCCCCCCCCCC1=C(c2cc(CCCCC)c(CCCC)c(CCCCC)c2)[N+](=[N-])C(c2cc(CCCCC)c(CCCC)c(CCCCC)c2)=C1CCCCC. The summed E-state index contributed by atoms with van der Waals surface area (Å²) in [5.41, 5.74) is 30.7. The second kappa shape index (κ2) is 49.7. The lowest BCUT2D eigenvalue weighted by Gasteiger charge is -2.20. The first kappa shape index (κ1) is 72.8. The highest BCUT2D eigenvalue weighted by Gasteiger charge is 2.36. The molecule has 0 bridgehead atoms. The molecule has 0 aromatic heterocycles. The van der Waals surface area contributed by atoms with E-state index in [0.29, 0.717) is 0 Å². The highest BCUT2D eigenvalue weighted by Crippen LogP contribution is 2.46. The molecule has 0 saturated carbocycles. The number of hydrogen-bond acceptors (Lipinski definition) is 0. The van der Waals surface area contributed by atoms with Gasteiger partial charge >= 0.3 is 0 Å². The lowest BCUT2D eigenvalue weighted by atomic mass is 9.86. The van der Waals surface area contributed by atoms with Gasteiger partial charge in [-0.1, -0.05) is 306 Å². The van der Waals surface area contributed by atoms with Crippen LogP contribution >= 0.6 is 0 Å². The smallest absolute Gasteiger partial charge is 0.211 e. The first-order valence-corrected chi connectivity index (χ1v) is 37.2. The van der Waals surface area contributed by atoms with Crippen molar-refractivity contribution in [3.8, 4) is 0 Å². The third-order valence-corrected chi connectivity index (χ3v) is 18.8. The summed E-state index contributed by atoms with van der Waals surface area (Å²) in [5.74, 6) is 0. The molecule has 81 heavy (non-hydrogen) atoms. The third-order valence-electron chi connectivity index (χ3n) is 18.8. The third kappa shape index (κ3) is 30.4. The minimum absolute atomic E-state index is 1.05. The van der Waals surface area contributed by atoms with Gasteiger partial charge in [-0.3, -0.25) is 0 Å². The van der Waals surface area contributed by atoms with E-state index >= 15 is 0 Å². The Bertz CT molecular complexity index is 1860. The summed E-state index contributed by atoms with van der Waals surface area (Å²) < 4.78 is 1.79. The Morgan fingerprint density at radius 2 is 0.407 bits per heavy atom. The average Bonchev–Trinajstić information content (AvgIpc) is 3.28. The van der Waals surface area contributed by atoms with E-state index in [4.69, 9.17) is 0 Å². The predicted octanol–water partition coefficient (Wildman–Crippen LogP) is 27.4. The van der Waals surface area contributed by atoms with Crippen molar-refractivity contribution in [3.63, 3.8) is 0 Å². The molecule has 0 fully saturated rings. The Morgan fingerprint density at radius 3 is 0.642 bits per heavy atom. The molecule has 2 aromatic carbocycles. The number of aryl methyl sites for hydroxylation is 4. The van der Waals surface area contributed by atoms with Crippen LogP contribution in [0.4, 0.5) is 0 Å². The number of benzene rings is 2. The van der Waals surface area contributed by atoms with Crippen molar-refractivity contribution in [2.45, 2.75) is 409 Å². The first-order valence-electron chi connectivity index (χ1n) is 37.2. The van der Waals surface area contributed by atoms with Crippen LogP contribution in [-0.2, 0) is 38.5 Å². The molecule has 2 nitrogen and oxygen atoms in total. The van der Waals surface area contributed by atoms with E-state index in [-0.39, 0.29) is 0 Å². The van der Waals surface area contributed by atoms with Crippen LogP contribution in [0.1, 0.15) is 415 Å². The molecule has 1 aliphatic heterocycles. The van der Waals surface area contributed by atoms with E-state index in [9.17, 15) is 5.53 Å². The zero-order valence-electron chi connectivity index (χ0n) is 56.1. The Kier molecular flexibility index (Phi) is 44.7. The molecule has 2 heteroatoms.